The van der Waals surface area contributed by atoms with E-state index in [1.165, 1.54) is 19.4 Å². The molecule has 1 aliphatic rings. The van der Waals surface area contributed by atoms with E-state index in [0.29, 0.717) is 11.8 Å². The largest absolute Gasteiger partial charge is 0.508 e. The molecule has 1 aliphatic heterocycles. The van der Waals surface area contributed by atoms with E-state index in [9.17, 15) is 5.11 Å². The zero-order valence-electron chi connectivity index (χ0n) is 10.8. The number of aromatic hydroxyl groups is 1. The van der Waals surface area contributed by atoms with Gasteiger partial charge in [-0.25, -0.2) is 0 Å². The highest BCUT2D eigenvalue weighted by molar-refractivity contribution is 5.31. The van der Waals surface area contributed by atoms with Gasteiger partial charge < -0.3 is 14.9 Å². The van der Waals surface area contributed by atoms with Crippen molar-refractivity contribution in [3.63, 3.8) is 0 Å². The van der Waals surface area contributed by atoms with Gasteiger partial charge in [0, 0.05) is 24.7 Å². The van der Waals surface area contributed by atoms with Gasteiger partial charge in [0.2, 0.25) is 0 Å². The summed E-state index contributed by atoms with van der Waals surface area (Å²) in [7, 11) is 4.32. The average molecular weight is 234 g/mol. The molecule has 17 heavy (non-hydrogen) atoms. The molecule has 1 aromatic carbocycles. The summed E-state index contributed by atoms with van der Waals surface area (Å²) in [4.78, 5) is 4.73. The first kappa shape index (κ1) is 12.4. The van der Waals surface area contributed by atoms with E-state index in [4.69, 9.17) is 0 Å². The molecule has 3 heteroatoms. The Bertz CT molecular complexity index is 367. The maximum atomic E-state index is 9.74. The Morgan fingerprint density at radius 1 is 1.41 bits per heavy atom. The zero-order valence-corrected chi connectivity index (χ0v) is 10.8. The van der Waals surface area contributed by atoms with E-state index in [0.717, 1.165) is 18.7 Å². The van der Waals surface area contributed by atoms with Gasteiger partial charge in [-0.05, 0) is 39.5 Å². The standard InChI is InChI=1S/C14H22N2O/c1-15(11-13-7-5-9-16(13)2)10-12-6-3-4-8-14(12)17/h3-4,6,8,13,17H,5,7,9-11H2,1-2H3. The topological polar surface area (TPSA) is 26.7 Å². The molecule has 0 spiro atoms. The van der Waals surface area contributed by atoms with Crippen molar-refractivity contribution in [3.8, 4) is 5.75 Å². The number of rotatable bonds is 4. The molecule has 1 N–H and O–H groups in total. The van der Waals surface area contributed by atoms with E-state index >= 15 is 0 Å². The van der Waals surface area contributed by atoms with Crippen LogP contribution in [0.3, 0.4) is 0 Å². The van der Waals surface area contributed by atoms with Crippen LogP contribution in [0.5, 0.6) is 5.75 Å². The summed E-state index contributed by atoms with van der Waals surface area (Å²) in [5, 5.41) is 9.74. The minimum atomic E-state index is 0.402. The molecule has 0 aromatic heterocycles. The van der Waals surface area contributed by atoms with E-state index in [1.807, 2.05) is 18.2 Å². The van der Waals surface area contributed by atoms with Crippen LogP contribution in [-0.4, -0.2) is 48.1 Å². The lowest BCUT2D eigenvalue weighted by Gasteiger charge is -2.25. The molecule has 94 valence electrons. The zero-order chi connectivity index (χ0) is 12.3. The lowest BCUT2D eigenvalue weighted by atomic mass is 10.1. The molecule has 1 atom stereocenters. The predicted molar refractivity (Wildman–Crippen MR) is 70.1 cm³/mol. The van der Waals surface area contributed by atoms with Crippen LogP contribution in [0.25, 0.3) is 0 Å². The molecule has 1 aromatic rings. The SMILES string of the molecule is CN(Cc1ccccc1O)CC1CCCN1C. The summed E-state index contributed by atoms with van der Waals surface area (Å²) in [6.45, 7) is 3.11. The van der Waals surface area contributed by atoms with Crippen LogP contribution >= 0.6 is 0 Å². The first-order valence-corrected chi connectivity index (χ1v) is 6.32. The van der Waals surface area contributed by atoms with Gasteiger partial charge >= 0.3 is 0 Å². The van der Waals surface area contributed by atoms with Crippen LogP contribution in [0.4, 0.5) is 0 Å². The molecule has 1 heterocycles. The predicted octanol–water partition coefficient (Wildman–Crippen LogP) is 1.92. The van der Waals surface area contributed by atoms with Crippen LogP contribution in [0.1, 0.15) is 18.4 Å². The van der Waals surface area contributed by atoms with Crippen LogP contribution < -0.4 is 0 Å². The van der Waals surface area contributed by atoms with Crippen LogP contribution in [0.2, 0.25) is 0 Å². The molecular weight excluding hydrogens is 212 g/mol. The van der Waals surface area contributed by atoms with Crippen LogP contribution in [-0.2, 0) is 6.54 Å². The Morgan fingerprint density at radius 3 is 2.82 bits per heavy atom. The van der Waals surface area contributed by atoms with E-state index in [1.54, 1.807) is 6.07 Å². The molecule has 2 rings (SSSR count). The minimum Gasteiger partial charge on any atom is -0.508 e. The van der Waals surface area contributed by atoms with Crippen molar-refractivity contribution in [1.82, 2.24) is 9.80 Å². The number of phenolic OH excluding ortho intramolecular Hbond substituents is 1. The fourth-order valence-electron chi connectivity index (χ4n) is 2.57. The summed E-state index contributed by atoms with van der Waals surface area (Å²) in [6, 6.07) is 8.26. The molecule has 1 unspecified atom stereocenters. The number of likely N-dealkylation sites (N-methyl/N-ethyl adjacent to an activating group) is 2. The van der Waals surface area contributed by atoms with Crippen molar-refractivity contribution in [3.05, 3.63) is 29.8 Å². The second kappa shape index (κ2) is 5.52. The number of hydrogen-bond acceptors (Lipinski definition) is 3. The number of benzene rings is 1. The maximum absolute atomic E-state index is 9.74. The second-order valence-electron chi connectivity index (χ2n) is 5.10. The van der Waals surface area contributed by atoms with Crippen molar-refractivity contribution in [1.29, 1.82) is 0 Å². The monoisotopic (exact) mass is 234 g/mol. The smallest absolute Gasteiger partial charge is 0.120 e. The minimum absolute atomic E-state index is 0.402. The van der Waals surface area contributed by atoms with Crippen LogP contribution in [0.15, 0.2) is 24.3 Å². The third-order valence-electron chi connectivity index (χ3n) is 3.63. The maximum Gasteiger partial charge on any atom is 0.120 e. The quantitative estimate of drug-likeness (QED) is 0.862. The summed E-state index contributed by atoms with van der Waals surface area (Å²) in [5.41, 5.74) is 1.01. The molecule has 1 fully saturated rings. The summed E-state index contributed by atoms with van der Waals surface area (Å²) in [5.74, 6) is 0.402. The average Bonchev–Trinajstić information content (AvgIpc) is 2.68. The molecule has 1 saturated heterocycles. The van der Waals surface area contributed by atoms with Crippen molar-refractivity contribution in [2.24, 2.45) is 0 Å². The van der Waals surface area contributed by atoms with Crippen molar-refractivity contribution in [2.45, 2.75) is 25.4 Å². The Morgan fingerprint density at radius 2 is 2.18 bits per heavy atom. The molecule has 0 amide bonds. The number of likely N-dealkylation sites (tertiary alicyclic amines) is 1. The number of para-hydroxylation sites is 1. The highest BCUT2D eigenvalue weighted by atomic mass is 16.3. The van der Waals surface area contributed by atoms with E-state index in [2.05, 4.69) is 23.9 Å². The van der Waals surface area contributed by atoms with Gasteiger partial charge in [-0.15, -0.1) is 0 Å². The third-order valence-corrected chi connectivity index (χ3v) is 3.63. The van der Waals surface area contributed by atoms with Gasteiger partial charge in [-0.1, -0.05) is 18.2 Å². The fourth-order valence-corrected chi connectivity index (χ4v) is 2.57. The Hall–Kier alpha value is -1.06. The van der Waals surface area contributed by atoms with E-state index in [-0.39, 0.29) is 0 Å². The summed E-state index contributed by atoms with van der Waals surface area (Å²) < 4.78 is 0. The Kier molecular flexibility index (Phi) is 4.02. The second-order valence-corrected chi connectivity index (χ2v) is 5.10. The molecule has 0 saturated carbocycles. The molecular formula is C14H22N2O. The highest BCUT2D eigenvalue weighted by Crippen LogP contribution is 2.19. The number of phenols is 1. The van der Waals surface area contributed by atoms with Crippen molar-refractivity contribution in [2.75, 3.05) is 27.2 Å². The third kappa shape index (κ3) is 3.20. The molecule has 0 bridgehead atoms. The lowest BCUT2D eigenvalue weighted by molar-refractivity contribution is 0.214. The van der Waals surface area contributed by atoms with Gasteiger partial charge in [0.15, 0.2) is 0 Å². The Balaban J connectivity index is 1.89. The summed E-state index contributed by atoms with van der Waals surface area (Å²) in [6.07, 6.45) is 2.60. The number of nitrogens with zero attached hydrogens (tertiary/aromatic N) is 2. The van der Waals surface area contributed by atoms with Crippen LogP contribution in [0, 0.1) is 0 Å². The first-order chi connectivity index (χ1) is 8.16. The highest BCUT2D eigenvalue weighted by Gasteiger charge is 2.22. The van der Waals surface area contributed by atoms with Gasteiger partial charge in [-0.3, -0.25) is 0 Å². The van der Waals surface area contributed by atoms with Gasteiger partial charge in [-0.2, -0.15) is 0 Å². The van der Waals surface area contributed by atoms with Gasteiger partial charge in [0.05, 0.1) is 0 Å². The Labute approximate surface area is 104 Å². The number of hydrogen-bond donors (Lipinski definition) is 1. The van der Waals surface area contributed by atoms with Crippen molar-refractivity contribution >= 4 is 0 Å². The lowest BCUT2D eigenvalue weighted by Crippen LogP contribution is -2.36. The fraction of sp³-hybridized carbons (Fsp3) is 0.571. The molecule has 0 radical (unpaired) electrons. The molecule has 3 nitrogen and oxygen atoms in total. The van der Waals surface area contributed by atoms with Gasteiger partial charge in [0.25, 0.3) is 0 Å². The normalized spacial score (nSPS) is 21.2. The van der Waals surface area contributed by atoms with Gasteiger partial charge in [0.1, 0.15) is 5.75 Å². The van der Waals surface area contributed by atoms with E-state index < -0.39 is 0 Å². The van der Waals surface area contributed by atoms with Crippen molar-refractivity contribution < 1.29 is 5.11 Å². The summed E-state index contributed by atoms with van der Waals surface area (Å²) >= 11 is 0. The molecule has 0 aliphatic carbocycles. The first-order valence-electron chi connectivity index (χ1n) is 6.32.